The van der Waals surface area contributed by atoms with Crippen molar-refractivity contribution in [2.45, 2.75) is 32.7 Å². The molecule has 0 aliphatic carbocycles. The molecule has 0 bridgehead atoms. The smallest absolute Gasteiger partial charge is 0.252 e. The summed E-state index contributed by atoms with van der Waals surface area (Å²) in [5, 5.41) is 10.7. The number of carbonyl (C=O) groups excluding carboxylic acids is 1. The van der Waals surface area contributed by atoms with E-state index in [0.717, 1.165) is 47.5 Å². The van der Waals surface area contributed by atoms with E-state index in [9.17, 15) is 4.79 Å². The Labute approximate surface area is 142 Å². The molecule has 0 fully saturated rings. The Morgan fingerprint density at radius 1 is 1.43 bits per heavy atom. The Balaban J connectivity index is 0.00000192. The molecule has 2 N–H and O–H groups in total. The number of aryl methyl sites for hydroxylation is 1. The highest BCUT2D eigenvalue weighted by molar-refractivity contribution is 5.97. The summed E-state index contributed by atoms with van der Waals surface area (Å²) in [6.07, 6.45) is 3.84. The van der Waals surface area contributed by atoms with Crippen LogP contribution in [0.2, 0.25) is 0 Å². The molecule has 124 valence electrons. The second-order valence-corrected chi connectivity index (χ2v) is 5.87. The summed E-state index contributed by atoms with van der Waals surface area (Å²) in [6, 6.07) is 5.82. The largest absolute Gasteiger partial charge is 0.385 e. The van der Waals surface area contributed by atoms with Gasteiger partial charge in [-0.15, -0.1) is 12.4 Å². The van der Waals surface area contributed by atoms with Gasteiger partial charge in [-0.25, -0.2) is 0 Å². The number of nitrogens with one attached hydrogen (secondary N) is 2. The molecule has 0 spiro atoms. The Morgan fingerprint density at radius 2 is 2.22 bits per heavy atom. The molecule has 0 saturated carbocycles. The molecule has 1 unspecified atom stereocenters. The molecule has 2 aromatic rings. The first-order chi connectivity index (χ1) is 10.6. The molecule has 6 heteroatoms. The summed E-state index contributed by atoms with van der Waals surface area (Å²) in [7, 11) is 1.91. The van der Waals surface area contributed by atoms with E-state index in [4.69, 9.17) is 0 Å². The Morgan fingerprint density at radius 3 is 2.91 bits per heavy atom. The SMILES string of the molecule is Cc1c(C(C)NC(=O)c2cccc3c2CCCN3)cnn1C.Cl. The molecule has 1 aromatic carbocycles. The average molecular weight is 335 g/mol. The minimum atomic E-state index is -0.0615. The first-order valence-electron chi connectivity index (χ1n) is 7.73. The van der Waals surface area contributed by atoms with E-state index in [-0.39, 0.29) is 24.4 Å². The van der Waals surface area contributed by atoms with Crippen molar-refractivity contribution in [2.75, 3.05) is 11.9 Å². The topological polar surface area (TPSA) is 59.0 Å². The summed E-state index contributed by atoms with van der Waals surface area (Å²) >= 11 is 0. The van der Waals surface area contributed by atoms with Crippen LogP contribution < -0.4 is 10.6 Å². The minimum absolute atomic E-state index is 0. The standard InChI is InChI=1S/C17H22N4O.ClH/c1-11(15-10-19-21(3)12(15)2)20-17(22)14-6-4-8-16-13(14)7-5-9-18-16;/h4,6,8,10-11,18H,5,7,9H2,1-3H3,(H,20,22);1H. The van der Waals surface area contributed by atoms with Gasteiger partial charge in [-0.05, 0) is 44.4 Å². The van der Waals surface area contributed by atoms with Crippen molar-refractivity contribution in [3.63, 3.8) is 0 Å². The average Bonchev–Trinajstić information content (AvgIpc) is 2.86. The highest BCUT2D eigenvalue weighted by atomic mass is 35.5. The number of aromatic nitrogens is 2. The number of fused-ring (bicyclic) bond motifs is 1. The monoisotopic (exact) mass is 334 g/mol. The molecule has 23 heavy (non-hydrogen) atoms. The van der Waals surface area contributed by atoms with E-state index in [1.54, 1.807) is 0 Å². The molecule has 5 nitrogen and oxygen atoms in total. The lowest BCUT2D eigenvalue weighted by Crippen LogP contribution is -2.28. The number of nitrogens with zero attached hydrogens (tertiary/aromatic N) is 2. The molecule has 3 rings (SSSR count). The fourth-order valence-electron chi connectivity index (χ4n) is 3.02. The van der Waals surface area contributed by atoms with Crippen LogP contribution in [0.3, 0.4) is 0 Å². The maximum Gasteiger partial charge on any atom is 0.252 e. The third-order valence-corrected chi connectivity index (χ3v) is 4.43. The molecule has 0 radical (unpaired) electrons. The van der Waals surface area contributed by atoms with Crippen LogP contribution in [0, 0.1) is 6.92 Å². The maximum atomic E-state index is 12.7. The van der Waals surface area contributed by atoms with Gasteiger partial charge in [0.15, 0.2) is 0 Å². The van der Waals surface area contributed by atoms with E-state index in [1.165, 1.54) is 0 Å². The fraction of sp³-hybridized carbons (Fsp3) is 0.412. The van der Waals surface area contributed by atoms with Gasteiger partial charge in [0, 0.05) is 36.1 Å². The molecular weight excluding hydrogens is 312 g/mol. The Bertz CT molecular complexity index is 711. The summed E-state index contributed by atoms with van der Waals surface area (Å²) in [6.45, 7) is 4.98. The lowest BCUT2D eigenvalue weighted by atomic mass is 9.97. The van der Waals surface area contributed by atoms with Gasteiger partial charge in [-0.3, -0.25) is 9.48 Å². The van der Waals surface area contributed by atoms with Crippen molar-refractivity contribution in [3.8, 4) is 0 Å². The molecule has 1 aromatic heterocycles. The zero-order valence-corrected chi connectivity index (χ0v) is 14.5. The summed E-state index contributed by atoms with van der Waals surface area (Å²) in [5.74, 6) is -0.0173. The quantitative estimate of drug-likeness (QED) is 0.907. The van der Waals surface area contributed by atoms with Crippen LogP contribution in [-0.2, 0) is 13.5 Å². The molecular formula is C17H23ClN4O. The van der Waals surface area contributed by atoms with Gasteiger partial charge in [0.05, 0.1) is 12.2 Å². The maximum absolute atomic E-state index is 12.7. The fourth-order valence-corrected chi connectivity index (χ4v) is 3.02. The van der Waals surface area contributed by atoms with Crippen molar-refractivity contribution in [2.24, 2.45) is 7.05 Å². The van der Waals surface area contributed by atoms with E-state index in [2.05, 4.69) is 15.7 Å². The zero-order valence-electron chi connectivity index (χ0n) is 13.7. The van der Waals surface area contributed by atoms with Gasteiger partial charge in [0.25, 0.3) is 5.91 Å². The Hall–Kier alpha value is -2.01. The van der Waals surface area contributed by atoms with E-state index in [1.807, 2.05) is 50.0 Å². The second kappa shape index (κ2) is 7.04. The molecule has 0 saturated heterocycles. The molecule has 1 aliphatic heterocycles. The van der Waals surface area contributed by atoms with Gasteiger partial charge >= 0.3 is 0 Å². The molecule has 1 amide bonds. The van der Waals surface area contributed by atoms with Crippen molar-refractivity contribution >= 4 is 24.0 Å². The summed E-state index contributed by atoms with van der Waals surface area (Å²) in [5.41, 5.74) is 5.12. The van der Waals surface area contributed by atoms with Crippen LogP contribution in [0.5, 0.6) is 0 Å². The molecule has 1 atom stereocenters. The highest BCUT2D eigenvalue weighted by Crippen LogP contribution is 2.26. The summed E-state index contributed by atoms with van der Waals surface area (Å²) < 4.78 is 1.83. The number of hydrogen-bond donors (Lipinski definition) is 2. The zero-order chi connectivity index (χ0) is 15.7. The second-order valence-electron chi connectivity index (χ2n) is 5.87. The van der Waals surface area contributed by atoms with Crippen molar-refractivity contribution in [1.82, 2.24) is 15.1 Å². The third kappa shape index (κ3) is 3.34. The van der Waals surface area contributed by atoms with Crippen LogP contribution >= 0.6 is 12.4 Å². The summed E-state index contributed by atoms with van der Waals surface area (Å²) in [4.78, 5) is 12.7. The van der Waals surface area contributed by atoms with Gasteiger partial charge in [0.1, 0.15) is 0 Å². The van der Waals surface area contributed by atoms with Crippen molar-refractivity contribution in [1.29, 1.82) is 0 Å². The van der Waals surface area contributed by atoms with E-state index in [0.29, 0.717) is 0 Å². The first kappa shape index (κ1) is 17.3. The van der Waals surface area contributed by atoms with Crippen molar-refractivity contribution < 1.29 is 4.79 Å². The number of benzene rings is 1. The third-order valence-electron chi connectivity index (χ3n) is 4.43. The lowest BCUT2D eigenvalue weighted by Gasteiger charge is -2.21. The number of amides is 1. The van der Waals surface area contributed by atoms with Gasteiger partial charge in [-0.1, -0.05) is 6.07 Å². The number of rotatable bonds is 3. The predicted molar refractivity (Wildman–Crippen MR) is 94.3 cm³/mol. The van der Waals surface area contributed by atoms with Crippen LogP contribution in [0.15, 0.2) is 24.4 Å². The number of halogens is 1. The van der Waals surface area contributed by atoms with Crippen molar-refractivity contribution in [3.05, 3.63) is 46.8 Å². The number of carbonyl (C=O) groups is 1. The van der Waals surface area contributed by atoms with E-state index >= 15 is 0 Å². The van der Waals surface area contributed by atoms with Gasteiger partial charge < -0.3 is 10.6 Å². The van der Waals surface area contributed by atoms with E-state index < -0.39 is 0 Å². The normalized spacial score (nSPS) is 14.2. The van der Waals surface area contributed by atoms with Gasteiger partial charge in [-0.2, -0.15) is 5.10 Å². The van der Waals surface area contributed by atoms with Crippen LogP contribution in [0.1, 0.15) is 46.6 Å². The van der Waals surface area contributed by atoms with Crippen LogP contribution in [0.25, 0.3) is 0 Å². The van der Waals surface area contributed by atoms with Crippen LogP contribution in [0.4, 0.5) is 5.69 Å². The number of anilines is 1. The number of hydrogen-bond acceptors (Lipinski definition) is 3. The van der Waals surface area contributed by atoms with Crippen LogP contribution in [-0.4, -0.2) is 22.2 Å². The Kier molecular flexibility index (Phi) is 5.31. The molecule has 1 aliphatic rings. The predicted octanol–water partition coefficient (Wildman–Crippen LogP) is 3.00. The van der Waals surface area contributed by atoms with Gasteiger partial charge in [0.2, 0.25) is 0 Å². The highest BCUT2D eigenvalue weighted by Gasteiger charge is 2.20. The first-order valence-corrected chi connectivity index (χ1v) is 7.73. The lowest BCUT2D eigenvalue weighted by molar-refractivity contribution is 0.0939. The molecule has 2 heterocycles. The minimum Gasteiger partial charge on any atom is -0.385 e.